The summed E-state index contributed by atoms with van der Waals surface area (Å²) in [4.78, 5) is 14.1. The van der Waals surface area contributed by atoms with Crippen molar-refractivity contribution in [2.24, 2.45) is 0 Å². The number of aryl methyl sites for hydroxylation is 4. The third kappa shape index (κ3) is 21.3. The third-order valence-electron chi connectivity index (χ3n) is 14.2. The number of carbonyl (C=O) groups excluding carboxylic acids is 1. The van der Waals surface area contributed by atoms with Gasteiger partial charge in [0.15, 0.2) is 0 Å². The topological polar surface area (TPSA) is 193 Å². The standard InChI is InChI=1S/C68H76N4O10S2/c73-64(60-36-38-66(80-50-57-26-10-3-11-27-57)62(46-60)70-83(76,77)44-40-53-20-6-1-7-21-53)48-72(43-19-17-25-56-34-32-55(33-35-56)24-16-18-42-69-68(75)82-52-59-30-14-5-15-31-59)49-65(74)61-37-39-67(81-51-58-28-12-4-13-29-58)63(47-61)71-84(78,79)45-41-54-22-8-2-9-23-54/h1-15,20-23,26-39,46-47,64-65,70-71,73-74H,16-19,24-25,40-45,48-52H2,(H,69,75). The number of amides is 1. The minimum Gasteiger partial charge on any atom is -0.487 e. The van der Waals surface area contributed by atoms with Gasteiger partial charge in [0.1, 0.15) is 31.3 Å². The molecule has 0 aliphatic carbocycles. The second kappa shape index (κ2) is 32.2. The molecule has 0 saturated heterocycles. The molecular formula is C68H76N4O10S2. The lowest BCUT2D eigenvalue weighted by Gasteiger charge is -2.28. The van der Waals surface area contributed by atoms with E-state index in [2.05, 4.69) is 39.0 Å². The lowest BCUT2D eigenvalue weighted by molar-refractivity contribution is 0.0678. The van der Waals surface area contributed by atoms with E-state index >= 15 is 0 Å². The Hall–Kier alpha value is -7.99. The Morgan fingerprint density at radius 1 is 0.429 bits per heavy atom. The van der Waals surface area contributed by atoms with E-state index in [1.807, 2.05) is 157 Å². The van der Waals surface area contributed by atoms with Crippen LogP contribution in [0, 0.1) is 0 Å². The highest BCUT2D eigenvalue weighted by Gasteiger charge is 2.23. The van der Waals surface area contributed by atoms with Gasteiger partial charge in [-0.2, -0.15) is 0 Å². The monoisotopic (exact) mass is 1170 g/mol. The van der Waals surface area contributed by atoms with Crippen LogP contribution < -0.4 is 24.2 Å². The molecule has 2 atom stereocenters. The number of aliphatic hydroxyl groups is 2. The molecule has 0 aliphatic rings. The fourth-order valence-corrected chi connectivity index (χ4v) is 11.7. The van der Waals surface area contributed by atoms with Gasteiger partial charge in [-0.25, -0.2) is 21.6 Å². The van der Waals surface area contributed by atoms with Crippen LogP contribution in [0.4, 0.5) is 16.2 Å². The van der Waals surface area contributed by atoms with Crippen molar-refractivity contribution in [2.75, 3.05) is 47.1 Å². The first-order chi connectivity index (χ1) is 40.8. The summed E-state index contributed by atoms with van der Waals surface area (Å²) in [5.74, 6) is 0.243. The van der Waals surface area contributed by atoms with Crippen molar-refractivity contribution in [1.29, 1.82) is 0 Å². The fourth-order valence-electron chi connectivity index (χ4n) is 9.54. The number of unbranched alkanes of at least 4 members (excludes halogenated alkanes) is 2. The zero-order valence-electron chi connectivity index (χ0n) is 47.3. The number of carbonyl (C=O) groups is 1. The molecule has 0 heterocycles. The van der Waals surface area contributed by atoms with Gasteiger partial charge < -0.3 is 29.7 Å². The summed E-state index contributed by atoms with van der Waals surface area (Å²) in [6, 6.07) is 66.0. The van der Waals surface area contributed by atoms with Gasteiger partial charge in [0.25, 0.3) is 0 Å². The highest BCUT2D eigenvalue weighted by molar-refractivity contribution is 7.93. The van der Waals surface area contributed by atoms with Crippen molar-refractivity contribution in [2.45, 2.75) is 83.4 Å². The number of nitrogens with one attached hydrogen (secondary N) is 3. The minimum atomic E-state index is -3.88. The molecule has 0 spiro atoms. The first-order valence-electron chi connectivity index (χ1n) is 28.6. The van der Waals surface area contributed by atoms with Crippen molar-refractivity contribution < 1.29 is 46.1 Å². The van der Waals surface area contributed by atoms with Crippen molar-refractivity contribution in [3.8, 4) is 11.5 Å². The maximum absolute atomic E-state index is 13.7. The molecular weight excluding hydrogens is 1100 g/mol. The largest absolute Gasteiger partial charge is 0.487 e. The Labute approximate surface area is 495 Å². The SMILES string of the molecule is O=C(NCCCCc1ccc(CCCCN(CC(O)c2ccc(OCc3ccccc3)c(NS(=O)(=O)CCc3ccccc3)c2)CC(O)c2ccc(OCc3ccccc3)c(NS(=O)(=O)CCc3ccccc3)c2)cc1)OCc1ccccc1. The number of hydrogen-bond acceptors (Lipinski definition) is 11. The van der Waals surface area contributed by atoms with Crippen LogP contribution in [-0.4, -0.2) is 75.7 Å². The molecule has 8 aromatic rings. The van der Waals surface area contributed by atoms with Crippen molar-refractivity contribution in [3.05, 3.63) is 262 Å². The van der Waals surface area contributed by atoms with E-state index in [1.165, 1.54) is 11.1 Å². The highest BCUT2D eigenvalue weighted by Crippen LogP contribution is 2.33. The van der Waals surface area contributed by atoms with E-state index in [4.69, 9.17) is 14.2 Å². The molecule has 0 aromatic heterocycles. The lowest BCUT2D eigenvalue weighted by atomic mass is 10.0. The van der Waals surface area contributed by atoms with Crippen LogP contribution in [0.1, 0.15) is 88.0 Å². The van der Waals surface area contributed by atoms with Gasteiger partial charge in [0.2, 0.25) is 20.0 Å². The Morgan fingerprint density at radius 3 is 1.21 bits per heavy atom. The normalized spacial score (nSPS) is 12.3. The highest BCUT2D eigenvalue weighted by atomic mass is 32.2. The van der Waals surface area contributed by atoms with Gasteiger partial charge >= 0.3 is 6.09 Å². The Kier molecular flexibility index (Phi) is 23.8. The van der Waals surface area contributed by atoms with E-state index in [1.54, 1.807) is 36.4 Å². The van der Waals surface area contributed by atoms with E-state index in [0.717, 1.165) is 59.9 Å². The van der Waals surface area contributed by atoms with Crippen molar-refractivity contribution >= 4 is 37.5 Å². The molecule has 0 saturated carbocycles. The summed E-state index contributed by atoms with van der Waals surface area (Å²) in [7, 11) is -7.77. The zero-order valence-corrected chi connectivity index (χ0v) is 48.9. The first-order valence-corrected chi connectivity index (χ1v) is 31.9. The number of benzene rings is 8. The van der Waals surface area contributed by atoms with Crippen LogP contribution in [0.5, 0.6) is 11.5 Å². The Morgan fingerprint density at radius 2 is 0.798 bits per heavy atom. The maximum Gasteiger partial charge on any atom is 0.407 e. The van der Waals surface area contributed by atoms with E-state index in [0.29, 0.717) is 55.0 Å². The van der Waals surface area contributed by atoms with Gasteiger partial charge in [0.05, 0.1) is 35.1 Å². The van der Waals surface area contributed by atoms with Crippen molar-refractivity contribution in [1.82, 2.24) is 10.2 Å². The molecule has 0 radical (unpaired) electrons. The summed E-state index contributed by atoms with van der Waals surface area (Å²) in [5.41, 5.74) is 8.12. The maximum atomic E-state index is 13.7. The predicted octanol–water partition coefficient (Wildman–Crippen LogP) is 12.2. The fraction of sp³-hybridized carbons (Fsp3) is 0.279. The number of hydrogen-bond donors (Lipinski definition) is 5. The second-order valence-corrected chi connectivity index (χ2v) is 24.6. The molecule has 8 aromatic carbocycles. The van der Waals surface area contributed by atoms with Crippen LogP contribution in [-0.2, 0) is 70.3 Å². The summed E-state index contributed by atoms with van der Waals surface area (Å²) >= 11 is 0. The van der Waals surface area contributed by atoms with Crippen molar-refractivity contribution in [3.63, 3.8) is 0 Å². The summed E-state index contributed by atoms with van der Waals surface area (Å²) in [6.07, 6.45) is 2.79. The Balaban J connectivity index is 0.954. The third-order valence-corrected chi connectivity index (χ3v) is 16.8. The van der Waals surface area contributed by atoms with Gasteiger partial charge in [-0.1, -0.05) is 188 Å². The van der Waals surface area contributed by atoms with Gasteiger partial charge in [-0.3, -0.25) is 14.3 Å². The molecule has 8 rings (SSSR count). The van der Waals surface area contributed by atoms with Gasteiger partial charge in [-0.05, 0) is 132 Å². The second-order valence-electron chi connectivity index (χ2n) is 20.9. The molecule has 0 aliphatic heterocycles. The number of aliphatic hydroxyl groups excluding tert-OH is 2. The molecule has 0 bridgehead atoms. The van der Waals surface area contributed by atoms with Crippen LogP contribution in [0.15, 0.2) is 212 Å². The predicted molar refractivity (Wildman–Crippen MR) is 333 cm³/mol. The average Bonchev–Trinajstić information content (AvgIpc) is 3.69. The van der Waals surface area contributed by atoms with Gasteiger partial charge in [0, 0.05) is 19.6 Å². The van der Waals surface area contributed by atoms with E-state index in [-0.39, 0.29) is 55.8 Å². The van der Waals surface area contributed by atoms with Crippen LogP contribution >= 0.6 is 0 Å². The molecule has 5 N–H and O–H groups in total. The van der Waals surface area contributed by atoms with E-state index < -0.39 is 38.3 Å². The molecule has 1 amide bonds. The number of nitrogens with zero attached hydrogens (tertiary/aromatic N) is 1. The van der Waals surface area contributed by atoms with Crippen LogP contribution in [0.2, 0.25) is 0 Å². The minimum absolute atomic E-state index is 0.0673. The molecule has 2 unspecified atom stereocenters. The number of sulfonamides is 2. The quantitative estimate of drug-likeness (QED) is 0.0241. The molecule has 0 fully saturated rings. The average molecular weight is 1170 g/mol. The van der Waals surface area contributed by atoms with Crippen LogP contribution in [0.3, 0.4) is 0 Å². The summed E-state index contributed by atoms with van der Waals surface area (Å²) < 4.78 is 78.0. The first kappa shape index (κ1) is 62.1. The number of rotatable bonds is 34. The number of ether oxygens (including phenoxy) is 3. The number of anilines is 2. The molecule has 16 heteroatoms. The molecule has 440 valence electrons. The van der Waals surface area contributed by atoms with Crippen LogP contribution in [0.25, 0.3) is 0 Å². The zero-order chi connectivity index (χ0) is 58.8. The summed E-state index contributed by atoms with van der Waals surface area (Å²) in [6.45, 7) is 1.74. The lowest BCUT2D eigenvalue weighted by Crippen LogP contribution is -2.34. The molecule has 84 heavy (non-hydrogen) atoms. The Bertz CT molecular complexity index is 3300. The van der Waals surface area contributed by atoms with Gasteiger partial charge in [-0.15, -0.1) is 0 Å². The molecule has 14 nitrogen and oxygen atoms in total. The smallest absolute Gasteiger partial charge is 0.407 e. The number of alkyl carbamates (subject to hydrolysis) is 1. The summed E-state index contributed by atoms with van der Waals surface area (Å²) in [5, 5.41) is 27.1. The van der Waals surface area contributed by atoms with E-state index in [9.17, 15) is 31.8 Å².